The van der Waals surface area contributed by atoms with Crippen molar-refractivity contribution in [2.45, 2.75) is 46.2 Å². The number of likely N-dealkylation sites (N-methyl/N-ethyl adjacent to an activating group) is 1. The second-order valence-electron chi connectivity index (χ2n) is 8.08. The largest absolute Gasteiger partial charge is 0.357 e. The van der Waals surface area contributed by atoms with Crippen LogP contribution < -0.4 is 9.62 Å². The van der Waals surface area contributed by atoms with E-state index in [0.29, 0.717) is 18.7 Å². The van der Waals surface area contributed by atoms with Crippen LogP contribution in [-0.2, 0) is 26.2 Å². The maximum absolute atomic E-state index is 13.1. The summed E-state index contributed by atoms with van der Waals surface area (Å²) in [5.41, 5.74) is 3.54. The van der Waals surface area contributed by atoms with Gasteiger partial charge in [0, 0.05) is 26.6 Å². The Morgan fingerprint density at radius 3 is 2.22 bits per heavy atom. The number of sulfonamides is 1. The molecule has 0 unspecified atom stereocenters. The van der Waals surface area contributed by atoms with E-state index in [9.17, 15) is 18.0 Å². The van der Waals surface area contributed by atoms with E-state index in [1.54, 1.807) is 31.0 Å². The fraction of sp³-hybridized carbons (Fsp3) is 0.417. The third kappa shape index (κ3) is 7.09. The predicted molar refractivity (Wildman–Crippen MR) is 128 cm³/mol. The number of nitrogens with one attached hydrogen (secondary N) is 1. The minimum absolute atomic E-state index is 0.130. The molecular weight excluding hydrogens is 426 g/mol. The molecule has 0 radical (unpaired) electrons. The molecule has 2 rings (SSSR count). The zero-order chi connectivity index (χ0) is 23.9. The third-order valence-electron chi connectivity index (χ3n) is 5.29. The highest BCUT2D eigenvalue weighted by atomic mass is 32.2. The van der Waals surface area contributed by atoms with Crippen molar-refractivity contribution >= 4 is 27.5 Å². The van der Waals surface area contributed by atoms with E-state index in [0.717, 1.165) is 22.9 Å². The highest BCUT2D eigenvalue weighted by molar-refractivity contribution is 7.92. The summed E-state index contributed by atoms with van der Waals surface area (Å²) >= 11 is 0. The molecule has 0 saturated carbocycles. The molecular formula is C24H33N3O4S. The summed E-state index contributed by atoms with van der Waals surface area (Å²) in [6, 6.07) is 14.4. The monoisotopic (exact) mass is 459 g/mol. The Kier molecular flexibility index (Phi) is 8.83. The number of anilines is 1. The van der Waals surface area contributed by atoms with E-state index >= 15 is 0 Å². The van der Waals surface area contributed by atoms with Crippen LogP contribution in [0.15, 0.2) is 48.5 Å². The Bertz CT molecular complexity index is 1050. The number of rotatable bonds is 10. The van der Waals surface area contributed by atoms with Crippen molar-refractivity contribution < 1.29 is 18.0 Å². The summed E-state index contributed by atoms with van der Waals surface area (Å²) < 4.78 is 26.0. The molecule has 0 saturated heterocycles. The van der Waals surface area contributed by atoms with Gasteiger partial charge in [0.15, 0.2) is 0 Å². The maximum Gasteiger partial charge on any atom is 0.242 e. The van der Waals surface area contributed by atoms with Gasteiger partial charge in [0.05, 0.1) is 11.9 Å². The molecule has 2 amide bonds. The quantitative estimate of drug-likeness (QED) is 0.592. The van der Waals surface area contributed by atoms with Crippen LogP contribution in [0, 0.1) is 13.8 Å². The Morgan fingerprint density at radius 1 is 1.03 bits per heavy atom. The SMILES string of the molecule is CNC(=O)[C@@H](C)N(Cc1cccc(C)c1)C(=O)CCCN(c1cccc(C)c1)S(C)(=O)=O. The average Bonchev–Trinajstić information content (AvgIpc) is 2.73. The van der Waals surface area contributed by atoms with E-state index in [2.05, 4.69) is 5.32 Å². The standard InChI is InChI=1S/C24H33N3O4S/c1-18-9-6-11-21(15-18)17-26(20(3)24(29)25-4)23(28)13-8-14-27(32(5,30)31)22-12-7-10-19(2)16-22/h6-7,9-12,15-16,20H,8,13-14,17H2,1-5H3,(H,25,29)/t20-/m1/s1. The van der Waals surface area contributed by atoms with Crippen molar-refractivity contribution in [3.8, 4) is 0 Å². The lowest BCUT2D eigenvalue weighted by atomic mass is 10.1. The van der Waals surface area contributed by atoms with Gasteiger partial charge >= 0.3 is 0 Å². The van der Waals surface area contributed by atoms with Gasteiger partial charge < -0.3 is 10.2 Å². The van der Waals surface area contributed by atoms with Crippen LogP contribution in [0.4, 0.5) is 5.69 Å². The van der Waals surface area contributed by atoms with E-state index in [-0.39, 0.29) is 24.8 Å². The normalized spacial score (nSPS) is 12.2. The second-order valence-corrected chi connectivity index (χ2v) is 9.99. The Morgan fingerprint density at radius 2 is 1.66 bits per heavy atom. The number of amides is 2. The van der Waals surface area contributed by atoms with Crippen molar-refractivity contribution in [2.75, 3.05) is 24.2 Å². The second kappa shape index (κ2) is 11.1. The molecule has 32 heavy (non-hydrogen) atoms. The molecule has 0 fully saturated rings. The molecule has 0 spiro atoms. The van der Waals surface area contributed by atoms with E-state index in [1.165, 1.54) is 4.31 Å². The Balaban J connectivity index is 2.14. The lowest BCUT2D eigenvalue weighted by molar-refractivity contribution is -0.140. The van der Waals surface area contributed by atoms with E-state index in [1.807, 2.05) is 50.2 Å². The molecule has 0 aliphatic heterocycles. The van der Waals surface area contributed by atoms with Crippen LogP contribution in [0.3, 0.4) is 0 Å². The van der Waals surface area contributed by atoms with Crippen molar-refractivity contribution in [2.24, 2.45) is 0 Å². The van der Waals surface area contributed by atoms with Gasteiger partial charge in [-0.1, -0.05) is 42.0 Å². The highest BCUT2D eigenvalue weighted by Crippen LogP contribution is 2.20. The van der Waals surface area contributed by atoms with Crippen LogP contribution in [0.5, 0.6) is 0 Å². The molecule has 8 heteroatoms. The molecule has 1 atom stereocenters. The average molecular weight is 460 g/mol. The van der Waals surface area contributed by atoms with Crippen LogP contribution in [0.2, 0.25) is 0 Å². The Labute approximate surface area is 191 Å². The zero-order valence-electron chi connectivity index (χ0n) is 19.5. The fourth-order valence-electron chi connectivity index (χ4n) is 3.59. The molecule has 0 heterocycles. The summed E-state index contributed by atoms with van der Waals surface area (Å²) in [6.07, 6.45) is 1.63. The van der Waals surface area contributed by atoms with Gasteiger partial charge in [-0.2, -0.15) is 0 Å². The summed E-state index contributed by atoms with van der Waals surface area (Å²) in [4.78, 5) is 26.9. The molecule has 2 aromatic carbocycles. The van der Waals surface area contributed by atoms with Crippen molar-refractivity contribution in [1.82, 2.24) is 10.2 Å². The predicted octanol–water partition coefficient (Wildman–Crippen LogP) is 3.01. The van der Waals surface area contributed by atoms with Gasteiger partial charge in [0.25, 0.3) is 0 Å². The van der Waals surface area contributed by atoms with Gasteiger partial charge in [0.1, 0.15) is 6.04 Å². The minimum atomic E-state index is -3.50. The number of nitrogens with zero attached hydrogens (tertiary/aromatic N) is 2. The van der Waals surface area contributed by atoms with Gasteiger partial charge in [-0.3, -0.25) is 13.9 Å². The van der Waals surface area contributed by atoms with Crippen LogP contribution in [0.1, 0.15) is 36.5 Å². The molecule has 0 aliphatic carbocycles. The van der Waals surface area contributed by atoms with Gasteiger partial charge in [-0.25, -0.2) is 8.42 Å². The molecule has 2 aromatic rings. The molecule has 1 N–H and O–H groups in total. The third-order valence-corrected chi connectivity index (χ3v) is 6.48. The number of benzene rings is 2. The first kappa shape index (κ1) is 25.4. The van der Waals surface area contributed by atoms with Gasteiger partial charge in [0.2, 0.25) is 21.8 Å². The first-order valence-electron chi connectivity index (χ1n) is 10.6. The summed E-state index contributed by atoms with van der Waals surface area (Å²) in [5, 5.41) is 2.60. The minimum Gasteiger partial charge on any atom is -0.357 e. The molecule has 0 aromatic heterocycles. The number of carbonyl (C=O) groups is 2. The topological polar surface area (TPSA) is 86.8 Å². The summed E-state index contributed by atoms with van der Waals surface area (Å²) in [6.45, 7) is 6.06. The Hall–Kier alpha value is -2.87. The van der Waals surface area contributed by atoms with E-state index < -0.39 is 16.1 Å². The maximum atomic E-state index is 13.1. The van der Waals surface area contributed by atoms with Crippen molar-refractivity contribution in [1.29, 1.82) is 0 Å². The van der Waals surface area contributed by atoms with Gasteiger partial charge in [-0.15, -0.1) is 0 Å². The summed E-state index contributed by atoms with van der Waals surface area (Å²) in [5.74, 6) is -0.441. The first-order chi connectivity index (χ1) is 15.0. The number of aryl methyl sites for hydroxylation is 2. The van der Waals surface area contributed by atoms with Crippen molar-refractivity contribution in [3.05, 3.63) is 65.2 Å². The first-order valence-corrected chi connectivity index (χ1v) is 12.5. The number of hydrogen-bond donors (Lipinski definition) is 1. The number of carbonyl (C=O) groups excluding carboxylic acids is 2. The summed E-state index contributed by atoms with van der Waals surface area (Å²) in [7, 11) is -1.95. The number of hydrogen-bond acceptors (Lipinski definition) is 4. The molecule has 0 aliphatic rings. The molecule has 0 bridgehead atoms. The molecule has 7 nitrogen and oxygen atoms in total. The van der Waals surface area contributed by atoms with Gasteiger partial charge in [-0.05, 0) is 50.5 Å². The van der Waals surface area contributed by atoms with E-state index in [4.69, 9.17) is 0 Å². The van der Waals surface area contributed by atoms with Crippen LogP contribution >= 0.6 is 0 Å². The zero-order valence-corrected chi connectivity index (χ0v) is 20.3. The van der Waals surface area contributed by atoms with Crippen molar-refractivity contribution in [3.63, 3.8) is 0 Å². The molecule has 174 valence electrons. The highest BCUT2D eigenvalue weighted by Gasteiger charge is 2.26. The smallest absolute Gasteiger partial charge is 0.242 e. The lowest BCUT2D eigenvalue weighted by Gasteiger charge is -2.29. The fourth-order valence-corrected chi connectivity index (χ4v) is 4.54. The van der Waals surface area contributed by atoms with Crippen LogP contribution in [-0.4, -0.2) is 51.0 Å². The lowest BCUT2D eigenvalue weighted by Crippen LogP contribution is -2.46. The van der Waals surface area contributed by atoms with Crippen LogP contribution in [0.25, 0.3) is 0 Å².